The Hall–Kier alpha value is -2.40. The summed E-state index contributed by atoms with van der Waals surface area (Å²) >= 11 is 0. The predicted molar refractivity (Wildman–Crippen MR) is 124 cm³/mol. The molecule has 4 nitrogen and oxygen atoms in total. The van der Waals surface area contributed by atoms with Crippen LogP contribution < -0.4 is 0 Å². The van der Waals surface area contributed by atoms with Gasteiger partial charge in [-0.25, -0.2) is 9.18 Å². The van der Waals surface area contributed by atoms with Gasteiger partial charge in [0.25, 0.3) is 0 Å². The smallest absolute Gasteiger partial charge is 0.408 e. The van der Waals surface area contributed by atoms with Crippen LogP contribution in [0.1, 0.15) is 56.3 Å². The fourth-order valence-corrected chi connectivity index (χ4v) is 6.41. The van der Waals surface area contributed by atoms with Crippen LogP contribution >= 0.6 is 0 Å². The topological polar surface area (TPSA) is 43.8 Å². The lowest BCUT2D eigenvalue weighted by atomic mass is 9.79. The second kappa shape index (κ2) is 7.87. The molecule has 0 aromatic heterocycles. The molecule has 1 aliphatic carbocycles. The van der Waals surface area contributed by atoms with Crippen LogP contribution in [0.4, 0.5) is 9.18 Å². The standard InChI is InChI=1S/C27H33FN2O2/c1-4-17-5-7-18(8-6-17)21-13-20-15-27(2,3)25(22(20)14-23(21)28)30(26(31)32)24-16-29-11-9-19(24)10-12-29/h5-8,13-14,19,24-25H,4,9-12,15-16H2,1-3H3,(H,31,32)/t24-,25+/m1/s1. The number of amides is 1. The molecule has 2 bridgehead atoms. The zero-order valence-corrected chi connectivity index (χ0v) is 19.3. The van der Waals surface area contributed by atoms with Crippen molar-refractivity contribution in [1.82, 2.24) is 9.80 Å². The lowest BCUT2D eigenvalue weighted by Gasteiger charge is -2.51. The van der Waals surface area contributed by atoms with Gasteiger partial charge in [-0.05, 0) is 84.5 Å². The lowest BCUT2D eigenvalue weighted by Crippen LogP contribution is -2.60. The second-order valence-electron chi connectivity index (χ2n) is 10.5. The van der Waals surface area contributed by atoms with Crippen molar-refractivity contribution in [2.45, 2.75) is 58.5 Å². The van der Waals surface area contributed by atoms with Crippen LogP contribution in [0.15, 0.2) is 36.4 Å². The summed E-state index contributed by atoms with van der Waals surface area (Å²) in [7, 11) is 0. The van der Waals surface area contributed by atoms with Gasteiger partial charge in [-0.2, -0.15) is 0 Å². The van der Waals surface area contributed by atoms with Crippen LogP contribution in [-0.2, 0) is 12.8 Å². The number of halogens is 1. The van der Waals surface area contributed by atoms with Gasteiger partial charge in [-0.3, -0.25) is 4.90 Å². The number of carboxylic acid groups (broad SMARTS) is 1. The molecule has 1 N–H and O–H groups in total. The molecule has 3 fully saturated rings. The first kappa shape index (κ1) is 21.4. The second-order valence-corrected chi connectivity index (χ2v) is 10.5. The highest BCUT2D eigenvalue weighted by molar-refractivity contribution is 5.70. The highest BCUT2D eigenvalue weighted by Gasteiger charge is 2.50. The third kappa shape index (κ3) is 3.51. The van der Waals surface area contributed by atoms with Gasteiger partial charge in [0.2, 0.25) is 0 Å². The zero-order valence-electron chi connectivity index (χ0n) is 19.3. The molecule has 170 valence electrons. The van der Waals surface area contributed by atoms with E-state index in [1.165, 1.54) is 5.56 Å². The normalized spacial score (nSPS) is 27.9. The summed E-state index contributed by atoms with van der Waals surface area (Å²) in [5, 5.41) is 10.3. The number of aryl methyl sites for hydroxylation is 1. The molecule has 5 heteroatoms. The largest absolute Gasteiger partial charge is 0.465 e. The number of hydrogen-bond donors (Lipinski definition) is 1. The Labute approximate surface area is 190 Å². The summed E-state index contributed by atoms with van der Waals surface area (Å²) in [6.45, 7) is 9.28. The molecule has 1 amide bonds. The monoisotopic (exact) mass is 436 g/mol. The van der Waals surface area contributed by atoms with Crippen molar-refractivity contribution < 1.29 is 14.3 Å². The third-order valence-electron chi connectivity index (χ3n) is 8.06. The lowest BCUT2D eigenvalue weighted by molar-refractivity contribution is -0.0267. The number of piperidine rings is 3. The van der Waals surface area contributed by atoms with E-state index >= 15 is 4.39 Å². The highest BCUT2D eigenvalue weighted by Crippen LogP contribution is 2.52. The fourth-order valence-electron chi connectivity index (χ4n) is 6.41. The van der Waals surface area contributed by atoms with Gasteiger partial charge in [0.1, 0.15) is 5.82 Å². The maximum Gasteiger partial charge on any atom is 0.408 e. The molecule has 3 heterocycles. The van der Waals surface area contributed by atoms with E-state index in [4.69, 9.17) is 0 Å². The van der Waals surface area contributed by atoms with Gasteiger partial charge in [0, 0.05) is 12.1 Å². The molecular formula is C27H33FN2O2. The molecule has 6 rings (SSSR count). The van der Waals surface area contributed by atoms with Gasteiger partial charge in [-0.1, -0.05) is 45.0 Å². The molecule has 0 saturated carbocycles. The quantitative estimate of drug-likeness (QED) is 0.663. The van der Waals surface area contributed by atoms with E-state index in [-0.39, 0.29) is 23.3 Å². The van der Waals surface area contributed by atoms with Crippen LogP contribution in [0.25, 0.3) is 11.1 Å². The maximum atomic E-state index is 15.4. The summed E-state index contributed by atoms with van der Waals surface area (Å²) in [4.78, 5) is 16.7. The molecule has 3 saturated heterocycles. The zero-order chi connectivity index (χ0) is 22.6. The van der Waals surface area contributed by atoms with Crippen LogP contribution in [0.2, 0.25) is 0 Å². The molecule has 0 spiro atoms. The predicted octanol–water partition coefficient (Wildman–Crippen LogP) is 5.75. The van der Waals surface area contributed by atoms with Crippen molar-refractivity contribution in [1.29, 1.82) is 0 Å². The SMILES string of the molecule is CCc1ccc(-c2cc3c(cc2F)[C@H](N(C(=O)O)[C@@H]2CN4CCC2CC4)C(C)(C)C3)cc1. The Bertz CT molecular complexity index is 1020. The van der Waals surface area contributed by atoms with E-state index < -0.39 is 6.09 Å². The van der Waals surface area contributed by atoms with Gasteiger partial charge >= 0.3 is 6.09 Å². The summed E-state index contributed by atoms with van der Waals surface area (Å²) in [6.07, 6.45) is 2.92. The summed E-state index contributed by atoms with van der Waals surface area (Å²) < 4.78 is 15.4. The van der Waals surface area contributed by atoms with Crippen LogP contribution in [0.3, 0.4) is 0 Å². The van der Waals surface area contributed by atoms with Crippen LogP contribution in [0, 0.1) is 17.2 Å². The minimum Gasteiger partial charge on any atom is -0.465 e. The van der Waals surface area contributed by atoms with Crippen LogP contribution in [0.5, 0.6) is 0 Å². The first-order valence-electron chi connectivity index (χ1n) is 11.9. The van der Waals surface area contributed by atoms with Gasteiger partial charge < -0.3 is 10.0 Å². The van der Waals surface area contributed by atoms with Gasteiger partial charge in [-0.15, -0.1) is 0 Å². The average molecular weight is 437 g/mol. The third-order valence-corrected chi connectivity index (χ3v) is 8.06. The molecule has 32 heavy (non-hydrogen) atoms. The van der Waals surface area contributed by atoms with Gasteiger partial charge in [0.15, 0.2) is 0 Å². The molecular weight excluding hydrogens is 403 g/mol. The Balaban J connectivity index is 1.55. The number of hydrogen-bond acceptors (Lipinski definition) is 2. The van der Waals surface area contributed by atoms with Crippen LogP contribution in [-0.4, -0.2) is 46.7 Å². The number of carbonyl (C=O) groups is 1. The Morgan fingerprint density at radius 2 is 1.88 bits per heavy atom. The van der Waals surface area contributed by atoms with E-state index in [9.17, 15) is 9.90 Å². The van der Waals surface area contributed by atoms with Crippen molar-refractivity contribution in [3.05, 3.63) is 58.9 Å². The molecule has 2 atom stereocenters. The van der Waals surface area contributed by atoms with E-state index in [0.29, 0.717) is 11.5 Å². The molecule has 0 unspecified atom stereocenters. The van der Waals surface area contributed by atoms with Crippen molar-refractivity contribution >= 4 is 6.09 Å². The minimum atomic E-state index is -0.880. The number of rotatable bonds is 4. The average Bonchev–Trinajstić information content (AvgIpc) is 3.03. The number of benzene rings is 2. The molecule has 3 aliphatic heterocycles. The van der Waals surface area contributed by atoms with Crippen molar-refractivity contribution in [2.75, 3.05) is 19.6 Å². The Morgan fingerprint density at radius 3 is 2.44 bits per heavy atom. The number of nitrogens with zero attached hydrogens (tertiary/aromatic N) is 2. The van der Waals surface area contributed by atoms with Gasteiger partial charge in [0.05, 0.1) is 12.1 Å². The van der Waals surface area contributed by atoms with E-state index in [1.807, 2.05) is 30.3 Å². The van der Waals surface area contributed by atoms with Crippen molar-refractivity contribution in [3.63, 3.8) is 0 Å². The van der Waals surface area contributed by atoms with Crippen molar-refractivity contribution in [3.8, 4) is 11.1 Å². The Morgan fingerprint density at radius 1 is 1.19 bits per heavy atom. The summed E-state index contributed by atoms with van der Waals surface area (Å²) in [5.74, 6) is 0.132. The summed E-state index contributed by atoms with van der Waals surface area (Å²) in [6, 6.07) is 11.3. The van der Waals surface area contributed by atoms with E-state index in [0.717, 1.165) is 62.0 Å². The molecule has 0 radical (unpaired) electrons. The van der Waals surface area contributed by atoms with E-state index in [2.05, 4.69) is 25.7 Å². The minimum absolute atomic E-state index is 0.0189. The summed E-state index contributed by atoms with van der Waals surface area (Å²) in [5.41, 5.74) is 4.34. The van der Waals surface area contributed by atoms with Crippen molar-refractivity contribution in [2.24, 2.45) is 11.3 Å². The molecule has 4 aliphatic rings. The maximum absolute atomic E-state index is 15.4. The molecule has 2 aromatic carbocycles. The Kier molecular flexibility index (Phi) is 5.28. The fraction of sp³-hybridized carbons (Fsp3) is 0.519. The highest BCUT2D eigenvalue weighted by atomic mass is 19.1. The first-order valence-corrected chi connectivity index (χ1v) is 11.9. The first-order chi connectivity index (χ1) is 15.3. The molecule has 2 aromatic rings. The van der Waals surface area contributed by atoms with E-state index in [1.54, 1.807) is 11.0 Å². The number of fused-ring (bicyclic) bond motifs is 4.